The molecule has 27 heavy (non-hydrogen) atoms. The van der Waals surface area contributed by atoms with E-state index >= 15 is 0 Å². The van der Waals surface area contributed by atoms with Crippen molar-refractivity contribution in [3.63, 3.8) is 0 Å². The summed E-state index contributed by atoms with van der Waals surface area (Å²) in [5.41, 5.74) is 1.21. The molecule has 3 rings (SSSR count). The molecule has 1 atom stereocenters. The zero-order valence-electron chi connectivity index (χ0n) is 16.3. The lowest BCUT2D eigenvalue weighted by Gasteiger charge is -2.33. The minimum Gasteiger partial charge on any atom is -0.493 e. The summed E-state index contributed by atoms with van der Waals surface area (Å²) in [6.45, 7) is 7.71. The molecule has 0 spiro atoms. The summed E-state index contributed by atoms with van der Waals surface area (Å²) in [5, 5.41) is 2.69. The van der Waals surface area contributed by atoms with E-state index in [0.717, 1.165) is 44.2 Å². The Labute approximate surface area is 160 Å². The number of hydrogen-bond donors (Lipinski definition) is 3. The molecule has 1 aromatic carbocycles. The first kappa shape index (κ1) is 19.4. The van der Waals surface area contributed by atoms with Crippen LogP contribution in [0.4, 0.5) is 4.79 Å². The second kappa shape index (κ2) is 8.58. The number of rotatable bonds is 6. The summed E-state index contributed by atoms with van der Waals surface area (Å²) in [6.07, 6.45) is 0. The average Bonchev–Trinajstić information content (AvgIpc) is 3.13. The predicted molar refractivity (Wildman–Crippen MR) is 99.2 cm³/mol. The molecule has 8 heteroatoms. The van der Waals surface area contributed by atoms with Crippen molar-refractivity contribution >= 4 is 11.9 Å². The third kappa shape index (κ3) is 4.33. The molecule has 1 aromatic rings. The predicted octanol–water partition coefficient (Wildman–Crippen LogP) is -2.07. The van der Waals surface area contributed by atoms with Crippen molar-refractivity contribution in [1.82, 2.24) is 10.2 Å². The Kier molecular flexibility index (Phi) is 6.18. The fourth-order valence-electron chi connectivity index (χ4n) is 3.90. The first-order chi connectivity index (χ1) is 13.0. The third-order valence-electron chi connectivity index (χ3n) is 5.61. The maximum Gasteiger partial charge on any atom is 0.324 e. The molecule has 3 N–H and O–H groups in total. The number of nitrogens with one attached hydrogen (secondary N) is 3. The molecule has 8 nitrogen and oxygen atoms in total. The molecule has 2 fully saturated rings. The molecule has 2 heterocycles. The van der Waals surface area contributed by atoms with E-state index in [4.69, 9.17) is 9.47 Å². The molecule has 0 aromatic heterocycles. The van der Waals surface area contributed by atoms with Crippen LogP contribution in [0.15, 0.2) is 18.2 Å². The van der Waals surface area contributed by atoms with E-state index in [2.05, 4.69) is 11.4 Å². The van der Waals surface area contributed by atoms with E-state index in [1.165, 1.54) is 20.3 Å². The minimum atomic E-state index is -0.260. The molecule has 0 aliphatic carbocycles. The van der Waals surface area contributed by atoms with Gasteiger partial charge in [-0.15, -0.1) is 0 Å². The number of quaternary nitrogens is 2. The molecule has 0 saturated carbocycles. The first-order valence-corrected chi connectivity index (χ1v) is 9.51. The SMILES string of the molecule is COc1ccc(C[NH+]2CC[NH+]([C@H](C)C(=O)N3CCNC3=O)CC2)cc1OC. The number of piperazine rings is 1. The Balaban J connectivity index is 1.53. The number of carbonyl (C=O) groups excluding carboxylic acids is 2. The number of nitrogens with zero attached hydrogens (tertiary/aromatic N) is 1. The summed E-state index contributed by atoms with van der Waals surface area (Å²) >= 11 is 0. The van der Waals surface area contributed by atoms with Crippen molar-refractivity contribution in [2.45, 2.75) is 19.5 Å². The maximum absolute atomic E-state index is 12.6. The van der Waals surface area contributed by atoms with Gasteiger partial charge in [0.2, 0.25) is 0 Å². The zero-order chi connectivity index (χ0) is 19.4. The van der Waals surface area contributed by atoms with Crippen molar-refractivity contribution in [2.75, 3.05) is 53.5 Å². The topological polar surface area (TPSA) is 76.8 Å². The van der Waals surface area contributed by atoms with Crippen LogP contribution in [0.1, 0.15) is 12.5 Å². The average molecular weight is 378 g/mol. The molecule has 0 bridgehead atoms. The van der Waals surface area contributed by atoms with Gasteiger partial charge in [-0.3, -0.25) is 9.69 Å². The second-order valence-corrected chi connectivity index (χ2v) is 7.22. The van der Waals surface area contributed by atoms with Crippen LogP contribution >= 0.6 is 0 Å². The summed E-state index contributed by atoms with van der Waals surface area (Å²) in [6, 6.07) is 5.60. The van der Waals surface area contributed by atoms with Crippen LogP contribution in [-0.4, -0.2) is 76.4 Å². The number of ether oxygens (including phenoxy) is 2. The highest BCUT2D eigenvalue weighted by molar-refractivity contribution is 5.97. The largest absolute Gasteiger partial charge is 0.493 e. The second-order valence-electron chi connectivity index (χ2n) is 7.22. The lowest BCUT2D eigenvalue weighted by atomic mass is 10.1. The molecular weight excluding hydrogens is 348 g/mol. The van der Waals surface area contributed by atoms with E-state index in [9.17, 15) is 9.59 Å². The van der Waals surface area contributed by atoms with Gasteiger partial charge in [0.25, 0.3) is 5.91 Å². The van der Waals surface area contributed by atoms with Gasteiger partial charge < -0.3 is 24.6 Å². The Bertz CT molecular complexity index is 688. The number of methoxy groups -OCH3 is 2. The van der Waals surface area contributed by atoms with Gasteiger partial charge >= 0.3 is 6.03 Å². The number of urea groups is 1. The highest BCUT2D eigenvalue weighted by atomic mass is 16.5. The molecule has 3 amide bonds. The van der Waals surface area contributed by atoms with Crippen LogP contribution < -0.4 is 24.6 Å². The summed E-state index contributed by atoms with van der Waals surface area (Å²) in [7, 11) is 3.29. The number of carbonyl (C=O) groups is 2. The van der Waals surface area contributed by atoms with Crippen molar-refractivity contribution in [3.05, 3.63) is 23.8 Å². The Hall–Kier alpha value is -2.32. The van der Waals surface area contributed by atoms with Crippen molar-refractivity contribution in [3.8, 4) is 11.5 Å². The smallest absolute Gasteiger partial charge is 0.324 e. The highest BCUT2D eigenvalue weighted by Crippen LogP contribution is 2.27. The van der Waals surface area contributed by atoms with Crippen LogP contribution in [0.5, 0.6) is 11.5 Å². The van der Waals surface area contributed by atoms with Gasteiger partial charge in [0.1, 0.15) is 32.7 Å². The van der Waals surface area contributed by atoms with Gasteiger partial charge in [0.15, 0.2) is 17.5 Å². The van der Waals surface area contributed by atoms with Crippen LogP contribution in [0, 0.1) is 0 Å². The van der Waals surface area contributed by atoms with Gasteiger partial charge in [-0.1, -0.05) is 0 Å². The fourth-order valence-corrected chi connectivity index (χ4v) is 3.90. The lowest BCUT2D eigenvalue weighted by Crippen LogP contribution is -3.29. The molecular formula is C19H30N4O4+2. The Morgan fingerprint density at radius 2 is 1.89 bits per heavy atom. The normalized spacial score (nSPS) is 23.7. The van der Waals surface area contributed by atoms with Crippen molar-refractivity contribution in [1.29, 1.82) is 0 Å². The minimum absolute atomic E-state index is 0.0664. The Morgan fingerprint density at radius 1 is 1.19 bits per heavy atom. The van der Waals surface area contributed by atoms with E-state index in [1.807, 2.05) is 19.1 Å². The number of hydrogen-bond acceptors (Lipinski definition) is 4. The van der Waals surface area contributed by atoms with Crippen molar-refractivity contribution in [2.24, 2.45) is 0 Å². The third-order valence-corrected chi connectivity index (χ3v) is 5.61. The first-order valence-electron chi connectivity index (χ1n) is 9.51. The van der Waals surface area contributed by atoms with Gasteiger partial charge in [0.05, 0.1) is 14.2 Å². The molecule has 2 aliphatic heterocycles. The number of benzene rings is 1. The molecule has 2 aliphatic rings. The molecule has 148 valence electrons. The van der Waals surface area contributed by atoms with E-state index in [0.29, 0.717) is 13.1 Å². The monoisotopic (exact) mass is 378 g/mol. The standard InChI is InChI=1S/C19H28N4O4/c1-14(18(24)23-7-6-20-19(23)25)22-10-8-21(9-11-22)13-15-4-5-16(26-2)17(12-15)27-3/h4-5,12,14H,6-11,13H2,1-3H3,(H,20,25)/p+2/t14-/m1/s1. The van der Waals surface area contributed by atoms with Crippen LogP contribution in [0.25, 0.3) is 0 Å². The van der Waals surface area contributed by atoms with Crippen LogP contribution in [0.3, 0.4) is 0 Å². The summed E-state index contributed by atoms with van der Waals surface area (Å²) < 4.78 is 10.7. The molecule has 0 unspecified atom stereocenters. The van der Waals surface area contributed by atoms with Crippen molar-refractivity contribution < 1.29 is 28.9 Å². The van der Waals surface area contributed by atoms with E-state index in [-0.39, 0.29) is 18.0 Å². The van der Waals surface area contributed by atoms with Gasteiger partial charge in [-0.2, -0.15) is 0 Å². The summed E-state index contributed by atoms with van der Waals surface area (Å²) in [4.78, 5) is 28.4. The highest BCUT2D eigenvalue weighted by Gasteiger charge is 2.37. The fraction of sp³-hybridized carbons (Fsp3) is 0.579. The number of amides is 3. The number of imide groups is 1. The maximum atomic E-state index is 12.6. The van der Waals surface area contributed by atoms with Crippen LogP contribution in [0.2, 0.25) is 0 Å². The van der Waals surface area contributed by atoms with Gasteiger partial charge in [-0.05, 0) is 25.1 Å². The lowest BCUT2D eigenvalue weighted by molar-refractivity contribution is -1.02. The van der Waals surface area contributed by atoms with Gasteiger partial charge in [0, 0.05) is 18.7 Å². The quantitative estimate of drug-likeness (QED) is 0.532. The Morgan fingerprint density at radius 3 is 2.48 bits per heavy atom. The summed E-state index contributed by atoms with van der Waals surface area (Å²) in [5.74, 6) is 1.42. The van der Waals surface area contributed by atoms with E-state index < -0.39 is 0 Å². The van der Waals surface area contributed by atoms with E-state index in [1.54, 1.807) is 14.2 Å². The van der Waals surface area contributed by atoms with Crippen LogP contribution in [-0.2, 0) is 11.3 Å². The molecule has 0 radical (unpaired) electrons. The van der Waals surface area contributed by atoms with Gasteiger partial charge in [-0.25, -0.2) is 4.79 Å². The zero-order valence-corrected chi connectivity index (χ0v) is 16.3. The molecule has 2 saturated heterocycles.